The lowest BCUT2D eigenvalue weighted by Gasteiger charge is -2.33. The largest absolute Gasteiger partial charge is 0.496 e. The molecular formula is C21H25ClF2N2O2. The van der Waals surface area contributed by atoms with Gasteiger partial charge in [-0.3, -0.25) is 4.79 Å². The molecule has 2 unspecified atom stereocenters. The lowest BCUT2D eigenvalue weighted by atomic mass is 9.86. The van der Waals surface area contributed by atoms with Gasteiger partial charge in [0, 0.05) is 24.9 Å². The number of halogens is 3. The van der Waals surface area contributed by atoms with Gasteiger partial charge < -0.3 is 15.4 Å². The molecule has 0 aliphatic carbocycles. The van der Waals surface area contributed by atoms with Crippen molar-refractivity contribution in [3.05, 3.63) is 65.2 Å². The van der Waals surface area contributed by atoms with Crippen molar-refractivity contribution in [3.8, 4) is 5.75 Å². The zero-order chi connectivity index (χ0) is 19.2. The van der Waals surface area contributed by atoms with Crippen molar-refractivity contribution in [2.45, 2.75) is 31.2 Å². The Bertz CT molecular complexity index is 804. The van der Waals surface area contributed by atoms with E-state index < -0.39 is 11.6 Å². The number of benzene rings is 2. The second kappa shape index (κ2) is 10.4. The summed E-state index contributed by atoms with van der Waals surface area (Å²) < 4.78 is 32.2. The topological polar surface area (TPSA) is 50.4 Å². The molecular weight excluding hydrogens is 386 g/mol. The van der Waals surface area contributed by atoms with Gasteiger partial charge in [0.25, 0.3) is 0 Å². The minimum Gasteiger partial charge on any atom is -0.496 e. The van der Waals surface area contributed by atoms with Crippen molar-refractivity contribution >= 4 is 18.3 Å². The number of nitrogens with one attached hydrogen (secondary N) is 2. The van der Waals surface area contributed by atoms with E-state index in [0.29, 0.717) is 24.9 Å². The molecule has 0 spiro atoms. The van der Waals surface area contributed by atoms with Crippen molar-refractivity contribution < 1.29 is 18.3 Å². The van der Waals surface area contributed by atoms with E-state index in [1.807, 2.05) is 24.3 Å². The highest BCUT2D eigenvalue weighted by Gasteiger charge is 2.28. The first-order valence-electron chi connectivity index (χ1n) is 9.15. The molecule has 0 aromatic heterocycles. The van der Waals surface area contributed by atoms with E-state index in [1.165, 1.54) is 6.07 Å². The maximum absolute atomic E-state index is 13.6. The number of aryl methyl sites for hydroxylation is 1. The first-order valence-corrected chi connectivity index (χ1v) is 9.15. The Hall–Kier alpha value is -2.18. The lowest BCUT2D eigenvalue weighted by Crippen LogP contribution is -2.50. The number of hydrogen-bond acceptors (Lipinski definition) is 3. The first-order chi connectivity index (χ1) is 13.1. The lowest BCUT2D eigenvalue weighted by molar-refractivity contribution is -0.122. The van der Waals surface area contributed by atoms with Crippen molar-refractivity contribution in [2.24, 2.45) is 0 Å². The summed E-state index contributed by atoms with van der Waals surface area (Å²) in [5.41, 5.74) is 1.69. The van der Waals surface area contributed by atoms with Crippen LogP contribution in [0.15, 0.2) is 42.5 Å². The molecule has 2 N–H and O–H groups in total. The van der Waals surface area contributed by atoms with Gasteiger partial charge in [-0.25, -0.2) is 8.78 Å². The molecule has 0 saturated carbocycles. The van der Waals surface area contributed by atoms with Crippen LogP contribution in [0.5, 0.6) is 5.75 Å². The van der Waals surface area contributed by atoms with Crippen LogP contribution in [0, 0.1) is 11.6 Å². The summed E-state index contributed by atoms with van der Waals surface area (Å²) in [7, 11) is 1.61. The molecule has 1 amide bonds. The van der Waals surface area contributed by atoms with Gasteiger partial charge in [-0.15, -0.1) is 12.4 Å². The maximum atomic E-state index is 13.6. The number of rotatable bonds is 6. The van der Waals surface area contributed by atoms with E-state index in [-0.39, 0.29) is 30.3 Å². The van der Waals surface area contributed by atoms with Gasteiger partial charge in [0.15, 0.2) is 11.6 Å². The second-order valence-electron chi connectivity index (χ2n) is 6.76. The van der Waals surface area contributed by atoms with Gasteiger partial charge in [-0.05, 0) is 48.7 Å². The average molecular weight is 411 g/mol. The predicted molar refractivity (Wildman–Crippen MR) is 107 cm³/mol. The van der Waals surface area contributed by atoms with E-state index >= 15 is 0 Å². The molecule has 2 atom stereocenters. The second-order valence-corrected chi connectivity index (χ2v) is 6.76. The summed E-state index contributed by atoms with van der Waals surface area (Å²) in [5.74, 6) is -1.06. The Labute approximate surface area is 170 Å². The van der Waals surface area contributed by atoms with Crippen LogP contribution in [0.1, 0.15) is 29.9 Å². The van der Waals surface area contributed by atoms with Crippen LogP contribution in [-0.2, 0) is 11.2 Å². The molecule has 1 saturated heterocycles. The van der Waals surface area contributed by atoms with Crippen LogP contribution in [-0.4, -0.2) is 32.1 Å². The fraction of sp³-hybridized carbons (Fsp3) is 0.381. The number of methoxy groups -OCH3 is 1. The third-order valence-corrected chi connectivity index (χ3v) is 5.01. The number of hydrogen-bond donors (Lipinski definition) is 2. The van der Waals surface area contributed by atoms with Crippen LogP contribution >= 0.6 is 12.4 Å². The van der Waals surface area contributed by atoms with Crippen molar-refractivity contribution in [1.82, 2.24) is 10.6 Å². The molecule has 152 valence electrons. The molecule has 1 aliphatic rings. The van der Waals surface area contributed by atoms with E-state index in [2.05, 4.69) is 10.6 Å². The molecule has 0 radical (unpaired) electrons. The predicted octanol–water partition coefficient (Wildman–Crippen LogP) is 3.59. The quantitative estimate of drug-likeness (QED) is 0.765. The number of ether oxygens (including phenoxy) is 1. The Kier molecular flexibility index (Phi) is 8.20. The molecule has 7 heteroatoms. The van der Waals surface area contributed by atoms with E-state index in [1.54, 1.807) is 13.2 Å². The van der Waals surface area contributed by atoms with E-state index in [9.17, 15) is 13.6 Å². The number of carbonyl (C=O) groups excluding carboxylic acids is 1. The Balaban J connectivity index is 0.00000280. The highest BCUT2D eigenvalue weighted by Crippen LogP contribution is 2.27. The van der Waals surface area contributed by atoms with Crippen molar-refractivity contribution in [1.29, 1.82) is 0 Å². The summed E-state index contributed by atoms with van der Waals surface area (Å²) in [5, 5.41) is 6.31. The fourth-order valence-corrected chi connectivity index (χ4v) is 3.59. The van der Waals surface area contributed by atoms with Gasteiger partial charge in [0.05, 0.1) is 7.11 Å². The minimum absolute atomic E-state index is 0. The maximum Gasteiger partial charge on any atom is 0.220 e. The van der Waals surface area contributed by atoms with Gasteiger partial charge in [-0.1, -0.05) is 24.3 Å². The Morgan fingerprint density at radius 3 is 2.75 bits per heavy atom. The van der Waals surface area contributed by atoms with E-state index in [4.69, 9.17) is 4.74 Å². The SMILES string of the molecule is COc1ccccc1CCC(=O)NC1CNCCC1c1ccc(F)c(F)c1.Cl. The molecule has 2 aromatic rings. The van der Waals surface area contributed by atoms with Gasteiger partial charge in [0.1, 0.15) is 5.75 Å². The summed E-state index contributed by atoms with van der Waals surface area (Å²) in [6.45, 7) is 1.38. The van der Waals surface area contributed by atoms with Crippen LogP contribution in [0.4, 0.5) is 8.78 Å². The number of carbonyl (C=O) groups is 1. The zero-order valence-corrected chi connectivity index (χ0v) is 16.5. The van der Waals surface area contributed by atoms with Gasteiger partial charge in [0.2, 0.25) is 5.91 Å². The molecule has 4 nitrogen and oxygen atoms in total. The molecule has 28 heavy (non-hydrogen) atoms. The van der Waals surface area contributed by atoms with Crippen LogP contribution in [0.2, 0.25) is 0 Å². The average Bonchev–Trinajstić information content (AvgIpc) is 2.69. The van der Waals surface area contributed by atoms with Crippen molar-refractivity contribution in [3.63, 3.8) is 0 Å². The standard InChI is InChI=1S/C21H24F2N2O2.ClH/c1-27-20-5-3-2-4-14(20)7-9-21(26)25-19-13-24-11-10-16(19)15-6-8-17(22)18(23)12-15;/h2-6,8,12,16,19,24H,7,9-11,13H2,1H3,(H,25,26);1H. The fourth-order valence-electron chi connectivity index (χ4n) is 3.59. The smallest absolute Gasteiger partial charge is 0.220 e. The summed E-state index contributed by atoms with van der Waals surface area (Å²) in [6.07, 6.45) is 1.66. The highest BCUT2D eigenvalue weighted by molar-refractivity contribution is 5.85. The van der Waals surface area contributed by atoms with Gasteiger partial charge >= 0.3 is 0 Å². The van der Waals surface area contributed by atoms with Crippen LogP contribution < -0.4 is 15.4 Å². The highest BCUT2D eigenvalue weighted by atomic mass is 35.5. The summed E-state index contributed by atoms with van der Waals surface area (Å²) in [6, 6.07) is 11.4. The van der Waals surface area contributed by atoms with Crippen LogP contribution in [0.25, 0.3) is 0 Å². The molecule has 1 aliphatic heterocycles. The Morgan fingerprint density at radius 2 is 2.00 bits per heavy atom. The van der Waals surface area contributed by atoms with E-state index in [0.717, 1.165) is 30.3 Å². The van der Waals surface area contributed by atoms with Crippen molar-refractivity contribution in [2.75, 3.05) is 20.2 Å². The monoisotopic (exact) mass is 410 g/mol. The molecule has 2 aromatic carbocycles. The third-order valence-electron chi connectivity index (χ3n) is 5.01. The summed E-state index contributed by atoms with van der Waals surface area (Å²) in [4.78, 5) is 12.5. The van der Waals surface area contributed by atoms with Gasteiger partial charge in [-0.2, -0.15) is 0 Å². The number of amides is 1. The number of para-hydroxylation sites is 1. The Morgan fingerprint density at radius 1 is 1.21 bits per heavy atom. The summed E-state index contributed by atoms with van der Waals surface area (Å²) >= 11 is 0. The first kappa shape index (κ1) is 22.1. The number of piperidine rings is 1. The molecule has 3 rings (SSSR count). The minimum atomic E-state index is -0.856. The zero-order valence-electron chi connectivity index (χ0n) is 15.7. The molecule has 1 heterocycles. The van der Waals surface area contributed by atoms with Crippen LogP contribution in [0.3, 0.4) is 0 Å². The normalized spacial score (nSPS) is 18.8. The third kappa shape index (κ3) is 5.42. The molecule has 0 bridgehead atoms. The molecule has 1 fully saturated rings.